The lowest BCUT2D eigenvalue weighted by Gasteiger charge is -2.07. The summed E-state index contributed by atoms with van der Waals surface area (Å²) in [6, 6.07) is 5.84. The van der Waals surface area contributed by atoms with E-state index in [1.54, 1.807) is 33.5 Å². The van der Waals surface area contributed by atoms with Crippen molar-refractivity contribution in [3.05, 3.63) is 18.2 Å². The third kappa shape index (κ3) is 3.85. The van der Waals surface area contributed by atoms with Crippen molar-refractivity contribution in [2.45, 2.75) is 6.42 Å². The summed E-state index contributed by atoms with van der Waals surface area (Å²) < 4.78 is 20.6. The number of nitrogens with zero attached hydrogens (tertiary/aromatic N) is 2. The Morgan fingerprint density at radius 3 is 2.67 bits per heavy atom. The molecule has 21 heavy (non-hydrogen) atoms. The van der Waals surface area contributed by atoms with Crippen LogP contribution in [0.15, 0.2) is 22.7 Å². The van der Waals surface area contributed by atoms with E-state index in [1.807, 2.05) is 6.07 Å². The highest BCUT2D eigenvalue weighted by atomic mass is 16.5. The zero-order chi connectivity index (χ0) is 15.1. The number of anilines is 1. The highest BCUT2D eigenvalue weighted by Gasteiger charge is 2.11. The average molecular weight is 293 g/mol. The molecule has 7 heteroatoms. The van der Waals surface area contributed by atoms with Crippen LogP contribution in [0.2, 0.25) is 0 Å². The predicted molar refractivity (Wildman–Crippen MR) is 77.8 cm³/mol. The summed E-state index contributed by atoms with van der Waals surface area (Å²) in [5.74, 6) is 1.77. The van der Waals surface area contributed by atoms with Gasteiger partial charge in [0.15, 0.2) is 11.5 Å². The van der Waals surface area contributed by atoms with E-state index in [4.69, 9.17) is 18.7 Å². The number of benzene rings is 1. The zero-order valence-corrected chi connectivity index (χ0v) is 12.4. The number of rotatable bonds is 8. The fraction of sp³-hybridized carbons (Fsp3) is 0.429. The van der Waals surface area contributed by atoms with Crippen molar-refractivity contribution in [2.75, 3.05) is 39.8 Å². The van der Waals surface area contributed by atoms with Gasteiger partial charge >= 0.3 is 6.01 Å². The molecule has 0 spiro atoms. The third-order valence-electron chi connectivity index (χ3n) is 2.87. The van der Waals surface area contributed by atoms with E-state index in [0.717, 1.165) is 12.0 Å². The molecule has 0 aliphatic rings. The minimum absolute atomic E-state index is 0.385. The lowest BCUT2D eigenvalue weighted by Crippen LogP contribution is -2.04. The molecule has 1 heterocycles. The largest absolute Gasteiger partial charge is 0.493 e. The molecule has 0 saturated carbocycles. The van der Waals surface area contributed by atoms with Gasteiger partial charge in [0.25, 0.3) is 0 Å². The van der Waals surface area contributed by atoms with Crippen molar-refractivity contribution in [2.24, 2.45) is 0 Å². The number of hydrogen-bond acceptors (Lipinski definition) is 7. The molecule has 2 aromatic rings. The van der Waals surface area contributed by atoms with E-state index in [1.165, 1.54) is 0 Å². The molecule has 0 aliphatic carbocycles. The molecule has 0 bridgehead atoms. The van der Waals surface area contributed by atoms with E-state index in [-0.39, 0.29) is 0 Å². The van der Waals surface area contributed by atoms with Gasteiger partial charge in [-0.25, -0.2) is 0 Å². The lowest BCUT2D eigenvalue weighted by molar-refractivity contribution is 0.197. The first kappa shape index (κ1) is 15.1. The van der Waals surface area contributed by atoms with Crippen molar-refractivity contribution in [3.8, 4) is 22.9 Å². The maximum atomic E-state index is 5.26. The fourth-order valence-corrected chi connectivity index (χ4v) is 1.80. The highest BCUT2D eigenvalue weighted by molar-refractivity contribution is 5.61. The Kier molecular flexibility index (Phi) is 5.39. The normalized spacial score (nSPS) is 10.4. The highest BCUT2D eigenvalue weighted by Crippen LogP contribution is 2.31. The Bertz CT molecular complexity index is 571. The number of hydrogen-bond donors (Lipinski definition) is 1. The van der Waals surface area contributed by atoms with Crippen LogP contribution in [0.5, 0.6) is 11.5 Å². The molecule has 0 fully saturated rings. The molecular weight excluding hydrogens is 274 g/mol. The van der Waals surface area contributed by atoms with Gasteiger partial charge in [0.2, 0.25) is 5.82 Å². The van der Waals surface area contributed by atoms with Crippen LogP contribution in [0.4, 0.5) is 6.01 Å². The first-order chi connectivity index (χ1) is 10.3. The van der Waals surface area contributed by atoms with Crippen molar-refractivity contribution in [3.63, 3.8) is 0 Å². The minimum Gasteiger partial charge on any atom is -0.493 e. The fourth-order valence-electron chi connectivity index (χ4n) is 1.80. The summed E-state index contributed by atoms with van der Waals surface area (Å²) in [6.45, 7) is 1.39. The van der Waals surface area contributed by atoms with Crippen LogP contribution in [0.1, 0.15) is 6.42 Å². The summed E-state index contributed by atoms with van der Waals surface area (Å²) >= 11 is 0. The van der Waals surface area contributed by atoms with Gasteiger partial charge in [0.1, 0.15) is 0 Å². The van der Waals surface area contributed by atoms with Gasteiger partial charge in [-0.1, -0.05) is 5.16 Å². The van der Waals surface area contributed by atoms with Gasteiger partial charge in [0.05, 0.1) is 14.2 Å². The van der Waals surface area contributed by atoms with Gasteiger partial charge in [-0.15, -0.1) is 0 Å². The van der Waals surface area contributed by atoms with E-state index >= 15 is 0 Å². The Hall–Kier alpha value is -2.28. The molecule has 0 aliphatic heterocycles. The Labute approximate surface area is 123 Å². The van der Waals surface area contributed by atoms with Crippen molar-refractivity contribution < 1.29 is 18.7 Å². The van der Waals surface area contributed by atoms with Crippen LogP contribution in [0.25, 0.3) is 11.4 Å². The molecule has 1 N–H and O–H groups in total. The minimum atomic E-state index is 0.385. The van der Waals surface area contributed by atoms with Crippen molar-refractivity contribution >= 4 is 6.01 Å². The molecule has 1 aromatic carbocycles. The smallest absolute Gasteiger partial charge is 0.321 e. The number of methoxy groups -OCH3 is 3. The monoisotopic (exact) mass is 293 g/mol. The summed E-state index contributed by atoms with van der Waals surface area (Å²) in [6.07, 6.45) is 0.866. The molecule has 7 nitrogen and oxygen atoms in total. The summed E-state index contributed by atoms with van der Waals surface area (Å²) in [7, 11) is 4.84. The predicted octanol–water partition coefficient (Wildman–Crippen LogP) is 2.20. The molecule has 1 aromatic heterocycles. The second-order valence-electron chi connectivity index (χ2n) is 4.27. The summed E-state index contributed by atoms with van der Waals surface area (Å²) in [5, 5.41) is 6.98. The molecule has 2 rings (SSSR count). The molecule has 0 amide bonds. The Morgan fingerprint density at radius 1 is 1.14 bits per heavy atom. The van der Waals surface area contributed by atoms with Crippen LogP contribution in [-0.4, -0.2) is 44.6 Å². The number of aromatic nitrogens is 2. The second kappa shape index (κ2) is 7.49. The molecule has 0 saturated heterocycles. The summed E-state index contributed by atoms with van der Waals surface area (Å²) in [4.78, 5) is 4.28. The molecular formula is C14H19N3O4. The van der Waals surface area contributed by atoms with Gasteiger partial charge in [-0.3, -0.25) is 0 Å². The first-order valence-corrected chi connectivity index (χ1v) is 6.57. The molecule has 114 valence electrons. The third-order valence-corrected chi connectivity index (χ3v) is 2.87. The first-order valence-electron chi connectivity index (χ1n) is 6.57. The zero-order valence-electron chi connectivity index (χ0n) is 12.4. The standard InChI is InChI=1S/C14H19N3O4/c1-18-8-4-7-15-14-16-13(17-21-14)10-5-6-11(19-2)12(9-10)20-3/h5-6,9H,4,7-8H2,1-3H3,(H,15,16,17). The summed E-state index contributed by atoms with van der Waals surface area (Å²) in [5.41, 5.74) is 0.793. The van der Waals surface area contributed by atoms with Crippen LogP contribution >= 0.6 is 0 Å². The van der Waals surface area contributed by atoms with Gasteiger partial charge in [0, 0.05) is 25.8 Å². The Morgan fingerprint density at radius 2 is 1.95 bits per heavy atom. The second-order valence-corrected chi connectivity index (χ2v) is 4.27. The maximum absolute atomic E-state index is 5.26. The van der Waals surface area contributed by atoms with E-state index in [0.29, 0.717) is 36.5 Å². The molecule has 0 atom stereocenters. The van der Waals surface area contributed by atoms with Crippen molar-refractivity contribution in [1.82, 2.24) is 10.1 Å². The SMILES string of the molecule is COCCCNc1nc(-c2ccc(OC)c(OC)c2)no1. The van der Waals surface area contributed by atoms with Gasteiger partial charge < -0.3 is 24.1 Å². The van der Waals surface area contributed by atoms with Crippen LogP contribution < -0.4 is 14.8 Å². The quantitative estimate of drug-likeness (QED) is 0.747. The van der Waals surface area contributed by atoms with E-state index < -0.39 is 0 Å². The van der Waals surface area contributed by atoms with E-state index in [2.05, 4.69) is 15.5 Å². The van der Waals surface area contributed by atoms with Crippen LogP contribution in [0, 0.1) is 0 Å². The van der Waals surface area contributed by atoms with Crippen LogP contribution in [0.3, 0.4) is 0 Å². The van der Waals surface area contributed by atoms with Crippen molar-refractivity contribution in [1.29, 1.82) is 0 Å². The van der Waals surface area contributed by atoms with E-state index in [9.17, 15) is 0 Å². The van der Waals surface area contributed by atoms with Gasteiger partial charge in [-0.2, -0.15) is 4.98 Å². The number of ether oxygens (including phenoxy) is 3. The Balaban J connectivity index is 2.06. The molecule has 0 unspecified atom stereocenters. The maximum Gasteiger partial charge on any atom is 0.321 e. The number of nitrogens with one attached hydrogen (secondary N) is 1. The van der Waals surface area contributed by atoms with Gasteiger partial charge in [-0.05, 0) is 24.6 Å². The molecule has 0 radical (unpaired) electrons. The topological polar surface area (TPSA) is 78.6 Å². The van der Waals surface area contributed by atoms with Crippen LogP contribution in [-0.2, 0) is 4.74 Å². The lowest BCUT2D eigenvalue weighted by atomic mass is 10.2. The average Bonchev–Trinajstić information content (AvgIpc) is 2.99.